The molecule has 298 valence electrons. The predicted molar refractivity (Wildman–Crippen MR) is 215 cm³/mol. The first-order valence-electron chi connectivity index (χ1n) is 19.7. The second-order valence-electron chi connectivity index (χ2n) is 14.0. The van der Waals surface area contributed by atoms with Crippen molar-refractivity contribution >= 4 is 19.8 Å². The molecule has 52 heavy (non-hydrogen) atoms. The van der Waals surface area contributed by atoms with Crippen LogP contribution in [0.15, 0.2) is 72.9 Å². The van der Waals surface area contributed by atoms with Gasteiger partial charge in [-0.1, -0.05) is 138 Å². The second-order valence-corrected chi connectivity index (χ2v) is 15.5. The lowest BCUT2D eigenvalue weighted by molar-refractivity contribution is -0.870. The van der Waals surface area contributed by atoms with Gasteiger partial charge in [0.1, 0.15) is 19.8 Å². The minimum atomic E-state index is -4.39. The normalized spacial score (nSPS) is 14.5. The molecule has 10 heteroatoms. The van der Waals surface area contributed by atoms with E-state index in [0.717, 1.165) is 51.4 Å². The SMILES string of the molecule is CC/C=C/C=C/C=C/C=C/CCCCCCCC(=O)OCC(COP(=O)(O)OCC[N+](C)(C)C)OC(=O)CC/C=C/C/C=C/CCCCCCCC. The summed E-state index contributed by atoms with van der Waals surface area (Å²) in [7, 11) is 1.42. The molecule has 0 aliphatic heterocycles. The maximum Gasteiger partial charge on any atom is 0.472 e. The number of carbonyl (C=O) groups excluding carboxylic acids is 2. The molecule has 2 atom stereocenters. The van der Waals surface area contributed by atoms with Gasteiger partial charge in [0.15, 0.2) is 6.10 Å². The Morgan fingerprint density at radius 2 is 1.21 bits per heavy atom. The van der Waals surface area contributed by atoms with Gasteiger partial charge in [0, 0.05) is 12.8 Å². The van der Waals surface area contributed by atoms with Gasteiger partial charge < -0.3 is 18.9 Å². The van der Waals surface area contributed by atoms with E-state index in [4.69, 9.17) is 18.5 Å². The number of likely N-dealkylation sites (N-methyl/N-ethyl adjacent to an activating group) is 1. The first kappa shape index (κ1) is 49.5. The van der Waals surface area contributed by atoms with Crippen molar-refractivity contribution in [2.24, 2.45) is 0 Å². The molecule has 0 saturated heterocycles. The average Bonchev–Trinajstić information content (AvgIpc) is 3.09. The molecule has 0 rings (SSSR count). The van der Waals surface area contributed by atoms with Gasteiger partial charge in [0.25, 0.3) is 0 Å². The number of allylic oxidation sites excluding steroid dienone is 12. The Hall–Kier alpha value is -2.55. The van der Waals surface area contributed by atoms with Crippen LogP contribution in [0, 0.1) is 0 Å². The van der Waals surface area contributed by atoms with Crippen LogP contribution in [0.2, 0.25) is 0 Å². The number of hydrogen-bond donors (Lipinski definition) is 1. The highest BCUT2D eigenvalue weighted by molar-refractivity contribution is 7.47. The molecule has 0 saturated carbocycles. The van der Waals surface area contributed by atoms with E-state index in [9.17, 15) is 19.0 Å². The van der Waals surface area contributed by atoms with Gasteiger partial charge in [-0.15, -0.1) is 0 Å². The molecular formula is C42H73NO8P+. The molecule has 0 aromatic rings. The molecule has 0 aliphatic carbocycles. The molecule has 0 heterocycles. The average molecular weight is 751 g/mol. The first-order valence-corrected chi connectivity index (χ1v) is 21.2. The van der Waals surface area contributed by atoms with E-state index in [2.05, 4.69) is 44.2 Å². The number of phosphoric acid groups is 1. The minimum absolute atomic E-state index is 0.0145. The van der Waals surface area contributed by atoms with Gasteiger partial charge in [-0.3, -0.25) is 18.6 Å². The number of quaternary nitrogens is 1. The Labute approximate surface area is 317 Å². The first-order chi connectivity index (χ1) is 25.0. The van der Waals surface area contributed by atoms with Crippen molar-refractivity contribution in [2.45, 2.75) is 136 Å². The van der Waals surface area contributed by atoms with Crippen LogP contribution in [-0.2, 0) is 32.7 Å². The van der Waals surface area contributed by atoms with Gasteiger partial charge in [-0.05, 0) is 51.4 Å². The zero-order valence-corrected chi connectivity index (χ0v) is 34.2. The van der Waals surface area contributed by atoms with E-state index in [1.807, 2.05) is 63.7 Å². The summed E-state index contributed by atoms with van der Waals surface area (Å²) in [5.41, 5.74) is 0. The molecule has 0 aliphatic rings. The molecule has 0 aromatic heterocycles. The summed E-state index contributed by atoms with van der Waals surface area (Å²) >= 11 is 0. The number of unbranched alkanes of at least 4 members (excludes halogenated alkanes) is 11. The number of rotatable bonds is 34. The predicted octanol–water partition coefficient (Wildman–Crippen LogP) is 10.7. The van der Waals surface area contributed by atoms with E-state index in [-0.39, 0.29) is 26.1 Å². The number of ether oxygens (including phenoxy) is 2. The Morgan fingerprint density at radius 1 is 0.635 bits per heavy atom. The summed E-state index contributed by atoms with van der Waals surface area (Å²) < 4.78 is 34.1. The quantitative estimate of drug-likeness (QED) is 0.0173. The fourth-order valence-corrected chi connectivity index (χ4v) is 5.46. The lowest BCUT2D eigenvalue weighted by atomic mass is 10.1. The van der Waals surface area contributed by atoms with Gasteiger partial charge in [0.05, 0.1) is 27.7 Å². The highest BCUT2D eigenvalue weighted by Gasteiger charge is 2.27. The molecule has 1 N–H and O–H groups in total. The number of hydrogen-bond acceptors (Lipinski definition) is 7. The second kappa shape index (κ2) is 34.2. The van der Waals surface area contributed by atoms with Crippen LogP contribution in [0.25, 0.3) is 0 Å². The van der Waals surface area contributed by atoms with Gasteiger partial charge in [-0.25, -0.2) is 4.57 Å². The lowest BCUT2D eigenvalue weighted by Crippen LogP contribution is -2.37. The third-order valence-corrected chi connectivity index (χ3v) is 8.81. The van der Waals surface area contributed by atoms with E-state index in [1.165, 1.54) is 38.5 Å². The van der Waals surface area contributed by atoms with Crippen LogP contribution in [-0.4, -0.2) is 74.9 Å². The summed E-state index contributed by atoms with van der Waals surface area (Å²) in [6.45, 7) is 4.14. The van der Waals surface area contributed by atoms with E-state index >= 15 is 0 Å². The monoisotopic (exact) mass is 751 g/mol. The summed E-state index contributed by atoms with van der Waals surface area (Å²) in [6.07, 6.45) is 41.1. The van der Waals surface area contributed by atoms with Crippen LogP contribution >= 0.6 is 7.82 Å². The molecule has 0 bridgehead atoms. The maximum atomic E-state index is 12.6. The Bertz CT molecular complexity index is 1120. The van der Waals surface area contributed by atoms with E-state index < -0.39 is 32.5 Å². The zero-order chi connectivity index (χ0) is 38.6. The molecule has 0 aromatic carbocycles. The molecular weight excluding hydrogens is 677 g/mol. The largest absolute Gasteiger partial charge is 0.472 e. The van der Waals surface area contributed by atoms with Crippen LogP contribution < -0.4 is 0 Å². The molecule has 0 spiro atoms. The zero-order valence-electron chi connectivity index (χ0n) is 33.3. The van der Waals surface area contributed by atoms with Crippen molar-refractivity contribution < 1.29 is 42.1 Å². The summed E-state index contributed by atoms with van der Waals surface area (Å²) in [4.78, 5) is 35.2. The minimum Gasteiger partial charge on any atom is -0.462 e. The summed E-state index contributed by atoms with van der Waals surface area (Å²) in [6, 6.07) is 0. The van der Waals surface area contributed by atoms with Crippen molar-refractivity contribution in [1.29, 1.82) is 0 Å². The van der Waals surface area contributed by atoms with Crippen molar-refractivity contribution in [3.05, 3.63) is 72.9 Å². The van der Waals surface area contributed by atoms with Crippen molar-refractivity contribution in [3.8, 4) is 0 Å². The number of nitrogens with zero attached hydrogens (tertiary/aromatic N) is 1. The van der Waals surface area contributed by atoms with E-state index in [0.29, 0.717) is 23.9 Å². The van der Waals surface area contributed by atoms with Gasteiger partial charge in [-0.2, -0.15) is 0 Å². The van der Waals surface area contributed by atoms with Crippen LogP contribution in [0.3, 0.4) is 0 Å². The molecule has 0 radical (unpaired) electrons. The third-order valence-electron chi connectivity index (χ3n) is 7.83. The summed E-state index contributed by atoms with van der Waals surface area (Å²) in [5.74, 6) is -0.914. The molecule has 0 fully saturated rings. The van der Waals surface area contributed by atoms with Crippen LogP contribution in [0.1, 0.15) is 129 Å². The highest BCUT2D eigenvalue weighted by atomic mass is 31.2. The fraction of sp³-hybridized carbons (Fsp3) is 0.667. The topological polar surface area (TPSA) is 108 Å². The summed E-state index contributed by atoms with van der Waals surface area (Å²) in [5, 5.41) is 0. The fourth-order valence-electron chi connectivity index (χ4n) is 4.72. The van der Waals surface area contributed by atoms with Crippen molar-refractivity contribution in [2.75, 3.05) is 47.5 Å². The molecule has 0 amide bonds. The molecule has 9 nitrogen and oxygen atoms in total. The van der Waals surface area contributed by atoms with E-state index in [1.54, 1.807) is 0 Å². The Morgan fingerprint density at radius 3 is 1.87 bits per heavy atom. The van der Waals surface area contributed by atoms with Gasteiger partial charge in [0.2, 0.25) is 0 Å². The highest BCUT2D eigenvalue weighted by Crippen LogP contribution is 2.43. The molecule has 2 unspecified atom stereocenters. The van der Waals surface area contributed by atoms with Crippen molar-refractivity contribution in [1.82, 2.24) is 0 Å². The van der Waals surface area contributed by atoms with Crippen LogP contribution in [0.4, 0.5) is 0 Å². The van der Waals surface area contributed by atoms with Crippen molar-refractivity contribution in [3.63, 3.8) is 0 Å². The van der Waals surface area contributed by atoms with Gasteiger partial charge >= 0.3 is 19.8 Å². The lowest BCUT2D eigenvalue weighted by Gasteiger charge is -2.24. The number of carbonyl (C=O) groups is 2. The third kappa shape index (κ3) is 37.2. The standard InChI is InChI=1S/C42H72NO8P/c1-6-8-10-12-14-16-18-20-21-23-24-26-28-30-32-34-41(44)48-38-40(39-50-52(46,47)49-37-36-43(3,4)5)51-42(45)35-33-31-29-27-25-22-19-17-15-13-11-9-7-2/h8,10,12,14,16,18,20-22,25,29,31,40H,6-7,9,11,13,15,17,19,23-24,26-28,30,32-39H2,1-5H3/p+1/b10-8+,14-12+,18-16+,21-20+,25-22+,31-29+. The smallest absolute Gasteiger partial charge is 0.462 e. The maximum absolute atomic E-state index is 12.6. The van der Waals surface area contributed by atoms with Crippen LogP contribution in [0.5, 0.6) is 0 Å². The number of phosphoric ester groups is 1. The Balaban J connectivity index is 4.56. The Kier molecular flexibility index (Phi) is 32.6. The number of esters is 2.